The number of carbonyl (C=O) groups excluding carboxylic acids is 1. The number of Topliss-reactive ketones (excluding diaryl/α,β-unsaturated/α-hetero) is 1. The minimum Gasteiger partial charge on any atom is -0.332 e. The number of hydrogen-bond acceptors (Lipinski definition) is 4. The Hall–Kier alpha value is -3.34. The van der Waals surface area contributed by atoms with Crippen LogP contribution in [0.1, 0.15) is 25.7 Å². The summed E-state index contributed by atoms with van der Waals surface area (Å²) in [7, 11) is 1.91. The molecule has 5 heteroatoms. The van der Waals surface area contributed by atoms with E-state index < -0.39 is 6.85 Å². The van der Waals surface area contributed by atoms with Crippen LogP contribution in [-0.4, -0.2) is 25.3 Å². The van der Waals surface area contributed by atoms with Gasteiger partial charge in [0.2, 0.25) is 0 Å². The highest BCUT2D eigenvalue weighted by Crippen LogP contribution is 2.20. The minimum atomic E-state index is -2.18. The van der Waals surface area contributed by atoms with Crippen LogP contribution < -0.4 is 0 Å². The van der Waals surface area contributed by atoms with E-state index in [1.54, 1.807) is 30.9 Å². The second kappa shape index (κ2) is 6.52. The third-order valence-corrected chi connectivity index (χ3v) is 4.26. The number of benzene rings is 1. The van der Waals surface area contributed by atoms with Gasteiger partial charge < -0.3 is 4.57 Å². The van der Waals surface area contributed by atoms with Crippen molar-refractivity contribution in [1.29, 1.82) is 0 Å². The summed E-state index contributed by atoms with van der Waals surface area (Å²) >= 11 is 0. The summed E-state index contributed by atoms with van der Waals surface area (Å²) in [6.45, 7) is -2.18. The Morgan fingerprint density at radius 3 is 2.73 bits per heavy atom. The molecule has 0 spiro atoms. The highest BCUT2D eigenvalue weighted by molar-refractivity contribution is 5.97. The fraction of sp³-hybridized carbons (Fsp3) is 0.143. The number of aromatic nitrogens is 4. The molecule has 0 saturated heterocycles. The summed E-state index contributed by atoms with van der Waals surface area (Å²) in [5.74, 6) is -0.128. The normalized spacial score (nSPS) is 13.2. The van der Waals surface area contributed by atoms with Crippen molar-refractivity contribution in [1.82, 2.24) is 19.5 Å². The zero-order valence-corrected chi connectivity index (χ0v) is 14.2. The van der Waals surface area contributed by atoms with Gasteiger partial charge in [0.25, 0.3) is 0 Å². The van der Waals surface area contributed by atoms with Gasteiger partial charge in [0.05, 0.1) is 41.5 Å². The van der Waals surface area contributed by atoms with Crippen molar-refractivity contribution in [2.75, 3.05) is 0 Å². The summed E-state index contributed by atoms with van der Waals surface area (Å²) in [6, 6.07) is 11.7. The molecule has 26 heavy (non-hydrogen) atoms. The zero-order chi connectivity index (χ0) is 20.6. The molecule has 0 bridgehead atoms. The SMILES string of the molecule is [2H]C([2H])([2H])c1ccc(C(=O)Cc2cc3nc(-c4cncn4C)ccc3cn2)cc1. The maximum atomic E-state index is 12.6. The Morgan fingerprint density at radius 1 is 1.15 bits per heavy atom. The molecule has 1 aromatic carbocycles. The molecule has 5 nitrogen and oxygen atoms in total. The molecule has 3 heterocycles. The maximum Gasteiger partial charge on any atom is 0.168 e. The molecule has 0 aliphatic rings. The van der Waals surface area contributed by atoms with Crippen LogP contribution >= 0.6 is 0 Å². The Kier molecular flexibility index (Phi) is 3.24. The van der Waals surface area contributed by atoms with Crippen LogP contribution in [0.25, 0.3) is 22.3 Å². The van der Waals surface area contributed by atoms with Gasteiger partial charge in [-0.25, -0.2) is 9.97 Å². The maximum absolute atomic E-state index is 12.6. The summed E-state index contributed by atoms with van der Waals surface area (Å²) in [5, 5.41) is 0.883. The largest absolute Gasteiger partial charge is 0.332 e. The molecule has 0 aliphatic heterocycles. The van der Waals surface area contributed by atoms with Crippen molar-refractivity contribution in [2.24, 2.45) is 7.05 Å². The monoisotopic (exact) mass is 345 g/mol. The van der Waals surface area contributed by atoms with Crippen LogP contribution in [0.5, 0.6) is 0 Å². The van der Waals surface area contributed by atoms with E-state index in [1.807, 2.05) is 29.8 Å². The molecule has 0 unspecified atom stereocenters. The molecule has 0 aliphatic carbocycles. The van der Waals surface area contributed by atoms with Crippen LogP contribution in [0.15, 0.2) is 61.2 Å². The van der Waals surface area contributed by atoms with E-state index >= 15 is 0 Å². The molecule has 0 radical (unpaired) electrons. The summed E-state index contributed by atoms with van der Waals surface area (Å²) in [6.07, 6.45) is 5.29. The third-order valence-electron chi connectivity index (χ3n) is 4.26. The smallest absolute Gasteiger partial charge is 0.168 e. The number of aryl methyl sites for hydroxylation is 2. The second-order valence-corrected chi connectivity index (χ2v) is 6.13. The molecular weight excluding hydrogens is 324 g/mol. The quantitative estimate of drug-likeness (QED) is 0.528. The van der Waals surface area contributed by atoms with Gasteiger partial charge in [0, 0.05) is 28.3 Å². The van der Waals surface area contributed by atoms with E-state index in [-0.39, 0.29) is 17.8 Å². The number of pyridine rings is 2. The van der Waals surface area contributed by atoms with E-state index in [2.05, 4.69) is 15.0 Å². The van der Waals surface area contributed by atoms with Crippen LogP contribution in [-0.2, 0) is 13.5 Å². The highest BCUT2D eigenvalue weighted by atomic mass is 16.1. The third kappa shape index (κ3) is 3.11. The zero-order valence-electron chi connectivity index (χ0n) is 17.2. The molecule has 0 N–H and O–H groups in total. The number of hydrogen-bond donors (Lipinski definition) is 0. The Morgan fingerprint density at radius 2 is 2.00 bits per heavy atom. The number of imidazole rings is 1. The first kappa shape index (κ1) is 12.9. The Labute approximate surface area is 155 Å². The van der Waals surface area contributed by atoms with Gasteiger partial charge in [0.15, 0.2) is 5.78 Å². The number of nitrogens with zero attached hydrogens (tertiary/aromatic N) is 4. The molecule has 0 fully saturated rings. The van der Waals surface area contributed by atoms with E-state index in [0.717, 1.165) is 22.3 Å². The fourth-order valence-electron chi connectivity index (χ4n) is 2.82. The predicted octanol–water partition coefficient (Wildman–Crippen LogP) is 3.76. The van der Waals surface area contributed by atoms with Crippen LogP contribution in [0.3, 0.4) is 0 Å². The lowest BCUT2D eigenvalue weighted by Gasteiger charge is -2.06. The first-order chi connectivity index (χ1) is 13.8. The van der Waals surface area contributed by atoms with Gasteiger partial charge in [-0.3, -0.25) is 9.78 Å². The predicted molar refractivity (Wildman–Crippen MR) is 101 cm³/mol. The highest BCUT2D eigenvalue weighted by Gasteiger charge is 2.10. The lowest BCUT2D eigenvalue weighted by Crippen LogP contribution is -2.05. The number of rotatable bonds is 4. The Bertz CT molecular complexity index is 1200. The molecule has 0 saturated carbocycles. The average molecular weight is 345 g/mol. The Balaban J connectivity index is 1.59. The van der Waals surface area contributed by atoms with Crippen LogP contribution in [0, 0.1) is 6.85 Å². The molecule has 4 rings (SSSR count). The number of carbonyl (C=O) groups is 1. The first-order valence-corrected chi connectivity index (χ1v) is 8.17. The van der Waals surface area contributed by atoms with Gasteiger partial charge in [-0.2, -0.15) is 0 Å². The van der Waals surface area contributed by atoms with Crippen molar-refractivity contribution >= 4 is 16.7 Å². The van der Waals surface area contributed by atoms with Gasteiger partial charge in [-0.15, -0.1) is 0 Å². The van der Waals surface area contributed by atoms with Crippen LogP contribution in [0.2, 0.25) is 0 Å². The van der Waals surface area contributed by atoms with Gasteiger partial charge in [-0.05, 0) is 25.1 Å². The van der Waals surface area contributed by atoms with Crippen LogP contribution in [0.4, 0.5) is 0 Å². The van der Waals surface area contributed by atoms with E-state index in [1.165, 1.54) is 12.1 Å². The molecule has 4 aromatic rings. The average Bonchev–Trinajstić information content (AvgIpc) is 3.13. The molecular formula is C21H18N4O. The van der Waals surface area contributed by atoms with Crippen molar-refractivity contribution in [3.8, 4) is 11.4 Å². The first-order valence-electron chi connectivity index (χ1n) is 9.67. The van der Waals surface area contributed by atoms with E-state index in [0.29, 0.717) is 11.3 Å². The molecule has 128 valence electrons. The molecule has 0 amide bonds. The van der Waals surface area contributed by atoms with Gasteiger partial charge in [0.1, 0.15) is 0 Å². The van der Waals surface area contributed by atoms with E-state index in [9.17, 15) is 4.79 Å². The van der Waals surface area contributed by atoms with E-state index in [4.69, 9.17) is 4.11 Å². The summed E-state index contributed by atoms with van der Waals surface area (Å²) in [5.41, 5.74) is 3.72. The van der Waals surface area contributed by atoms with Gasteiger partial charge in [-0.1, -0.05) is 29.8 Å². The van der Waals surface area contributed by atoms with Gasteiger partial charge >= 0.3 is 0 Å². The number of fused-ring (bicyclic) bond motifs is 1. The second-order valence-electron chi connectivity index (χ2n) is 6.13. The van der Waals surface area contributed by atoms with Crippen molar-refractivity contribution in [3.63, 3.8) is 0 Å². The lowest BCUT2D eigenvalue weighted by atomic mass is 10.0. The summed E-state index contributed by atoms with van der Waals surface area (Å²) in [4.78, 5) is 25.8. The molecule has 0 atom stereocenters. The van der Waals surface area contributed by atoms with Crippen molar-refractivity contribution < 1.29 is 8.91 Å². The molecule has 3 aromatic heterocycles. The summed E-state index contributed by atoms with van der Waals surface area (Å²) < 4.78 is 24.1. The standard InChI is InChI=1S/C21H18N4O/c1-14-3-5-15(6-4-14)21(26)10-17-9-19-16(11-23-17)7-8-18(24-19)20-12-22-13-25(20)2/h3-9,11-13H,10H2,1-2H3/i1D3. The number of ketones is 1. The topological polar surface area (TPSA) is 60.7 Å². The minimum absolute atomic E-state index is 0.112. The van der Waals surface area contributed by atoms with Crippen molar-refractivity contribution in [3.05, 3.63) is 78.0 Å². The fourth-order valence-corrected chi connectivity index (χ4v) is 2.82. The van der Waals surface area contributed by atoms with Crippen molar-refractivity contribution in [2.45, 2.75) is 13.3 Å². The lowest BCUT2D eigenvalue weighted by molar-refractivity contribution is 0.0992.